The molecule has 3 heterocycles. The van der Waals surface area contributed by atoms with Gasteiger partial charge in [-0.25, -0.2) is 23.1 Å². The second-order valence-corrected chi connectivity index (χ2v) is 7.74. The summed E-state index contributed by atoms with van der Waals surface area (Å²) in [6.45, 7) is 7.54. The molecule has 9 heteroatoms. The molecular formula is C22H22F2N6O. The van der Waals surface area contributed by atoms with Crippen LogP contribution >= 0.6 is 0 Å². The number of nitrogens with zero attached hydrogens (tertiary/aromatic N) is 5. The van der Waals surface area contributed by atoms with E-state index in [1.807, 2.05) is 13.8 Å². The summed E-state index contributed by atoms with van der Waals surface area (Å²) in [5, 5.41) is 12.2. The summed E-state index contributed by atoms with van der Waals surface area (Å²) in [7, 11) is 0. The van der Waals surface area contributed by atoms with E-state index in [-0.39, 0.29) is 24.1 Å². The highest BCUT2D eigenvalue weighted by molar-refractivity contribution is 6.06. The lowest BCUT2D eigenvalue weighted by Crippen LogP contribution is -2.19. The second-order valence-electron chi connectivity index (χ2n) is 7.74. The van der Waals surface area contributed by atoms with Crippen LogP contribution in [0, 0.1) is 25.5 Å². The van der Waals surface area contributed by atoms with Gasteiger partial charge in [-0.15, -0.1) is 0 Å². The predicted octanol–water partition coefficient (Wildman–Crippen LogP) is 4.40. The molecule has 4 aromatic rings. The largest absolute Gasteiger partial charge is 0.306 e. The van der Waals surface area contributed by atoms with E-state index in [1.54, 1.807) is 37.0 Å². The first-order valence-electron chi connectivity index (χ1n) is 9.87. The molecule has 160 valence electrons. The number of fused-ring (bicyclic) bond motifs is 1. The molecule has 0 radical (unpaired) electrons. The molecular weight excluding hydrogens is 402 g/mol. The first kappa shape index (κ1) is 20.6. The third-order valence-corrected chi connectivity index (χ3v) is 5.08. The van der Waals surface area contributed by atoms with Crippen molar-refractivity contribution in [3.63, 3.8) is 0 Å². The van der Waals surface area contributed by atoms with Crippen LogP contribution in [0.2, 0.25) is 0 Å². The van der Waals surface area contributed by atoms with Crippen LogP contribution in [0.3, 0.4) is 0 Å². The van der Waals surface area contributed by atoms with Crippen molar-refractivity contribution in [1.29, 1.82) is 0 Å². The Kier molecular flexibility index (Phi) is 5.26. The Bertz CT molecular complexity index is 1290. The van der Waals surface area contributed by atoms with Gasteiger partial charge in [0.15, 0.2) is 5.65 Å². The minimum Gasteiger partial charge on any atom is -0.306 e. The maximum Gasteiger partial charge on any atom is 0.258 e. The molecule has 1 amide bonds. The fourth-order valence-corrected chi connectivity index (χ4v) is 3.44. The maximum atomic E-state index is 14.1. The second kappa shape index (κ2) is 7.90. The highest BCUT2D eigenvalue weighted by atomic mass is 19.1. The highest BCUT2D eigenvalue weighted by Crippen LogP contribution is 2.22. The Balaban J connectivity index is 1.64. The topological polar surface area (TPSA) is 77.6 Å². The molecule has 0 unspecified atom stereocenters. The first-order chi connectivity index (χ1) is 14.7. The molecule has 0 spiro atoms. The van der Waals surface area contributed by atoms with Crippen molar-refractivity contribution in [2.75, 3.05) is 5.32 Å². The van der Waals surface area contributed by atoms with Crippen molar-refractivity contribution in [1.82, 2.24) is 24.5 Å². The minimum absolute atomic E-state index is 0.0233. The number of carbonyl (C=O) groups is 1. The van der Waals surface area contributed by atoms with Crippen LogP contribution in [-0.4, -0.2) is 30.5 Å². The Morgan fingerprint density at radius 1 is 1.13 bits per heavy atom. The van der Waals surface area contributed by atoms with Gasteiger partial charge in [-0.05, 0) is 52.0 Å². The molecule has 0 saturated carbocycles. The fraction of sp³-hybridized carbons (Fsp3) is 0.273. The van der Waals surface area contributed by atoms with E-state index in [0.29, 0.717) is 28.3 Å². The van der Waals surface area contributed by atoms with Crippen molar-refractivity contribution in [3.05, 3.63) is 70.7 Å². The molecule has 4 rings (SSSR count). The molecule has 1 aromatic carbocycles. The fourth-order valence-electron chi connectivity index (χ4n) is 3.44. The molecule has 0 aliphatic heterocycles. The zero-order valence-electron chi connectivity index (χ0n) is 17.6. The zero-order valence-corrected chi connectivity index (χ0v) is 17.6. The van der Waals surface area contributed by atoms with E-state index < -0.39 is 11.6 Å². The molecule has 0 bridgehead atoms. The van der Waals surface area contributed by atoms with Crippen LogP contribution in [0.5, 0.6) is 0 Å². The number of hydrogen-bond acceptors (Lipinski definition) is 4. The number of benzene rings is 1. The summed E-state index contributed by atoms with van der Waals surface area (Å²) < 4.78 is 30.8. The van der Waals surface area contributed by atoms with E-state index in [1.165, 1.54) is 4.68 Å². The Hall–Kier alpha value is -3.62. The zero-order chi connectivity index (χ0) is 22.3. The van der Waals surface area contributed by atoms with Crippen LogP contribution in [0.25, 0.3) is 11.0 Å². The molecule has 0 atom stereocenters. The number of anilines is 1. The average Bonchev–Trinajstić information content (AvgIpc) is 3.28. The summed E-state index contributed by atoms with van der Waals surface area (Å²) in [5.41, 5.74) is 2.52. The van der Waals surface area contributed by atoms with E-state index in [9.17, 15) is 13.6 Å². The summed E-state index contributed by atoms with van der Waals surface area (Å²) >= 11 is 0. The molecule has 7 nitrogen and oxygen atoms in total. The van der Waals surface area contributed by atoms with Crippen LogP contribution in [0.4, 0.5) is 14.6 Å². The molecule has 0 aliphatic carbocycles. The maximum absolute atomic E-state index is 14.1. The van der Waals surface area contributed by atoms with Crippen molar-refractivity contribution >= 4 is 22.8 Å². The number of hydrogen-bond donors (Lipinski definition) is 1. The molecule has 3 aromatic heterocycles. The van der Waals surface area contributed by atoms with Gasteiger partial charge in [0.25, 0.3) is 5.91 Å². The standard InChI is InChI=1S/C22H22F2N6O/c1-12(2)30-21-15(10-26-30)8-18(14(4)27-21)22(31)28-20-13(3)9-25-29(20)11-16-7-17(23)5-6-19(16)24/h5-10,12H,11H2,1-4H3,(H,28,31). The molecule has 1 N–H and O–H groups in total. The normalized spacial score (nSPS) is 11.5. The summed E-state index contributed by atoms with van der Waals surface area (Å²) in [4.78, 5) is 17.6. The van der Waals surface area contributed by atoms with Crippen molar-refractivity contribution in [2.45, 2.75) is 40.3 Å². The van der Waals surface area contributed by atoms with E-state index in [0.717, 1.165) is 23.6 Å². The van der Waals surface area contributed by atoms with Gasteiger partial charge in [0, 0.05) is 22.6 Å². The Morgan fingerprint density at radius 3 is 2.65 bits per heavy atom. The Labute approximate surface area is 177 Å². The van der Waals surface area contributed by atoms with Gasteiger partial charge in [0.2, 0.25) is 0 Å². The van der Waals surface area contributed by atoms with Crippen molar-refractivity contribution in [2.24, 2.45) is 0 Å². The molecule has 31 heavy (non-hydrogen) atoms. The summed E-state index contributed by atoms with van der Waals surface area (Å²) in [5.74, 6) is -1.04. The van der Waals surface area contributed by atoms with E-state index in [2.05, 4.69) is 20.5 Å². The van der Waals surface area contributed by atoms with Gasteiger partial charge in [-0.1, -0.05) is 0 Å². The number of aryl methyl sites for hydroxylation is 2. The van der Waals surface area contributed by atoms with Crippen LogP contribution < -0.4 is 5.32 Å². The number of aromatic nitrogens is 5. The van der Waals surface area contributed by atoms with Gasteiger partial charge >= 0.3 is 0 Å². The quantitative estimate of drug-likeness (QED) is 0.515. The van der Waals surface area contributed by atoms with Gasteiger partial charge in [-0.3, -0.25) is 4.79 Å². The smallest absolute Gasteiger partial charge is 0.258 e. The molecule has 0 aliphatic rings. The first-order valence-corrected chi connectivity index (χ1v) is 9.87. The lowest BCUT2D eigenvalue weighted by Gasteiger charge is -2.13. The third-order valence-electron chi connectivity index (χ3n) is 5.08. The lowest BCUT2D eigenvalue weighted by molar-refractivity contribution is 0.102. The van der Waals surface area contributed by atoms with Gasteiger partial charge in [0.05, 0.1) is 30.2 Å². The van der Waals surface area contributed by atoms with E-state index >= 15 is 0 Å². The van der Waals surface area contributed by atoms with Crippen LogP contribution in [0.1, 0.15) is 47.1 Å². The lowest BCUT2D eigenvalue weighted by atomic mass is 10.1. The summed E-state index contributed by atoms with van der Waals surface area (Å²) in [6.07, 6.45) is 3.24. The average molecular weight is 424 g/mol. The van der Waals surface area contributed by atoms with Gasteiger partial charge in [-0.2, -0.15) is 10.2 Å². The number of pyridine rings is 1. The van der Waals surface area contributed by atoms with Gasteiger partial charge < -0.3 is 5.32 Å². The number of amides is 1. The van der Waals surface area contributed by atoms with Crippen molar-refractivity contribution in [3.8, 4) is 0 Å². The molecule has 0 saturated heterocycles. The SMILES string of the molecule is Cc1cnn(Cc2cc(F)ccc2F)c1NC(=O)c1cc2cnn(C(C)C)c2nc1C. The number of rotatable bonds is 5. The van der Waals surface area contributed by atoms with Gasteiger partial charge in [0.1, 0.15) is 17.5 Å². The summed E-state index contributed by atoms with van der Waals surface area (Å²) in [6, 6.07) is 5.14. The van der Waals surface area contributed by atoms with Crippen LogP contribution in [0.15, 0.2) is 36.7 Å². The highest BCUT2D eigenvalue weighted by Gasteiger charge is 2.19. The Morgan fingerprint density at radius 2 is 1.90 bits per heavy atom. The van der Waals surface area contributed by atoms with Crippen molar-refractivity contribution < 1.29 is 13.6 Å². The molecule has 0 fully saturated rings. The third kappa shape index (κ3) is 3.90. The predicted molar refractivity (Wildman–Crippen MR) is 113 cm³/mol. The number of halogens is 2. The monoisotopic (exact) mass is 424 g/mol. The minimum atomic E-state index is -0.542. The number of carbonyl (C=O) groups excluding carboxylic acids is 1. The van der Waals surface area contributed by atoms with Crippen LogP contribution in [-0.2, 0) is 6.54 Å². The van der Waals surface area contributed by atoms with E-state index in [4.69, 9.17) is 0 Å². The number of nitrogens with one attached hydrogen (secondary N) is 1.